The first-order valence-corrected chi connectivity index (χ1v) is 9.06. The van der Waals surface area contributed by atoms with Gasteiger partial charge >= 0.3 is 0 Å². The van der Waals surface area contributed by atoms with Gasteiger partial charge in [-0.15, -0.1) is 5.10 Å². The number of rotatable bonds is 4. The molecule has 0 radical (unpaired) electrons. The molecule has 0 unspecified atom stereocenters. The van der Waals surface area contributed by atoms with Crippen LogP contribution in [-0.2, 0) is 6.67 Å². The molecule has 0 bridgehead atoms. The van der Waals surface area contributed by atoms with E-state index in [-0.39, 0.29) is 0 Å². The van der Waals surface area contributed by atoms with Crippen LogP contribution in [0.1, 0.15) is 0 Å². The first kappa shape index (κ1) is 17.1. The number of hydrogen-bond acceptors (Lipinski definition) is 7. The van der Waals surface area contributed by atoms with E-state index in [0.717, 1.165) is 37.7 Å². The molecule has 7 nitrogen and oxygen atoms in total. The maximum absolute atomic E-state index is 6.22. The summed E-state index contributed by atoms with van der Waals surface area (Å²) >= 11 is 11.5. The second-order valence-electron chi connectivity index (χ2n) is 5.95. The van der Waals surface area contributed by atoms with Crippen LogP contribution >= 0.6 is 23.8 Å². The van der Waals surface area contributed by atoms with E-state index in [1.54, 1.807) is 23.1 Å². The fraction of sp³-hybridized carbons (Fsp3) is 0.294. The standard InChI is InChI=1S/C17H17ClN6OS/c18-14-5-2-1-4-13(14)15-21-24(17(26)25-15)12-22-8-10-23(11-9-22)16-19-6-3-7-20-16/h1-7H,8-12H2. The molecule has 0 amide bonds. The maximum atomic E-state index is 6.22. The number of hydrogen-bond donors (Lipinski definition) is 0. The predicted octanol–water partition coefficient (Wildman–Crippen LogP) is 3.10. The number of aromatic nitrogens is 4. The Morgan fingerprint density at radius 3 is 2.50 bits per heavy atom. The molecule has 3 aromatic rings. The van der Waals surface area contributed by atoms with Gasteiger partial charge in [-0.2, -0.15) is 0 Å². The minimum Gasteiger partial charge on any atom is -0.409 e. The van der Waals surface area contributed by atoms with Crippen LogP contribution < -0.4 is 4.90 Å². The highest BCUT2D eigenvalue weighted by atomic mass is 35.5. The molecule has 0 saturated carbocycles. The van der Waals surface area contributed by atoms with Crippen LogP contribution in [0, 0.1) is 4.84 Å². The van der Waals surface area contributed by atoms with Gasteiger partial charge in [-0.25, -0.2) is 14.6 Å². The highest BCUT2D eigenvalue weighted by Gasteiger charge is 2.20. The fourth-order valence-electron chi connectivity index (χ4n) is 2.87. The van der Waals surface area contributed by atoms with E-state index in [0.29, 0.717) is 22.4 Å². The van der Waals surface area contributed by atoms with Gasteiger partial charge in [-0.05, 0) is 30.4 Å². The number of benzene rings is 1. The van der Waals surface area contributed by atoms with Gasteiger partial charge in [0.25, 0.3) is 4.84 Å². The Morgan fingerprint density at radius 2 is 1.77 bits per heavy atom. The summed E-state index contributed by atoms with van der Waals surface area (Å²) in [6.45, 7) is 4.03. The number of anilines is 1. The zero-order chi connectivity index (χ0) is 17.9. The Balaban J connectivity index is 1.43. The van der Waals surface area contributed by atoms with E-state index >= 15 is 0 Å². The van der Waals surface area contributed by atoms with Crippen molar-refractivity contribution in [2.24, 2.45) is 0 Å². The Bertz CT molecular complexity index is 936. The molecule has 9 heteroatoms. The first-order chi connectivity index (χ1) is 12.7. The van der Waals surface area contributed by atoms with Gasteiger partial charge in [0, 0.05) is 38.6 Å². The third-order valence-electron chi connectivity index (χ3n) is 4.25. The normalized spacial score (nSPS) is 15.3. The van der Waals surface area contributed by atoms with Gasteiger partial charge in [0.2, 0.25) is 11.8 Å². The molecule has 0 N–H and O–H groups in total. The van der Waals surface area contributed by atoms with Gasteiger partial charge in [0.05, 0.1) is 17.3 Å². The second kappa shape index (κ2) is 7.53. The highest BCUT2D eigenvalue weighted by molar-refractivity contribution is 7.71. The molecular weight excluding hydrogens is 372 g/mol. The van der Waals surface area contributed by atoms with E-state index in [9.17, 15) is 0 Å². The lowest BCUT2D eigenvalue weighted by atomic mass is 10.2. The van der Waals surface area contributed by atoms with E-state index in [2.05, 4.69) is 24.9 Å². The van der Waals surface area contributed by atoms with Crippen molar-refractivity contribution in [3.05, 3.63) is 52.6 Å². The molecule has 4 rings (SSSR count). The monoisotopic (exact) mass is 388 g/mol. The van der Waals surface area contributed by atoms with E-state index in [4.69, 9.17) is 28.2 Å². The molecule has 134 valence electrons. The Labute approximate surface area is 160 Å². The van der Waals surface area contributed by atoms with Crippen molar-refractivity contribution in [1.82, 2.24) is 24.6 Å². The van der Waals surface area contributed by atoms with Crippen LogP contribution in [0.3, 0.4) is 0 Å². The molecule has 1 aliphatic rings. The van der Waals surface area contributed by atoms with Crippen molar-refractivity contribution < 1.29 is 4.42 Å². The highest BCUT2D eigenvalue weighted by Crippen LogP contribution is 2.26. The van der Waals surface area contributed by atoms with Gasteiger partial charge in [-0.3, -0.25) is 4.90 Å². The van der Waals surface area contributed by atoms with Gasteiger partial charge in [0.15, 0.2) is 0 Å². The summed E-state index contributed by atoms with van der Waals surface area (Å²) in [6.07, 6.45) is 3.53. The minimum atomic E-state index is 0.341. The van der Waals surface area contributed by atoms with Crippen molar-refractivity contribution in [3.8, 4) is 11.5 Å². The van der Waals surface area contributed by atoms with Gasteiger partial charge in [0.1, 0.15) is 0 Å². The lowest BCUT2D eigenvalue weighted by Crippen LogP contribution is -2.47. The molecule has 1 aromatic carbocycles. The Kier molecular flexibility index (Phi) is 4.96. The minimum absolute atomic E-state index is 0.341. The summed E-state index contributed by atoms with van der Waals surface area (Å²) in [7, 11) is 0. The van der Waals surface area contributed by atoms with Crippen LogP contribution in [0.2, 0.25) is 5.02 Å². The third-order valence-corrected chi connectivity index (χ3v) is 4.88. The SMILES string of the molecule is S=c1oc(-c2ccccc2Cl)nn1CN1CCN(c2ncccn2)CC1. The Hall–Kier alpha value is -2.29. The summed E-state index contributed by atoms with van der Waals surface area (Å²) < 4.78 is 7.34. The summed E-state index contributed by atoms with van der Waals surface area (Å²) in [6, 6.07) is 9.25. The topological polar surface area (TPSA) is 63.2 Å². The fourth-order valence-corrected chi connectivity index (χ4v) is 3.27. The van der Waals surface area contributed by atoms with E-state index in [1.807, 2.05) is 24.3 Å². The third kappa shape index (κ3) is 3.62. The van der Waals surface area contributed by atoms with Crippen molar-refractivity contribution in [2.45, 2.75) is 6.67 Å². The lowest BCUT2D eigenvalue weighted by Gasteiger charge is -2.34. The van der Waals surface area contributed by atoms with Gasteiger partial charge < -0.3 is 9.32 Å². The molecule has 3 heterocycles. The Morgan fingerprint density at radius 1 is 1.04 bits per heavy atom. The lowest BCUT2D eigenvalue weighted by molar-refractivity contribution is 0.191. The first-order valence-electron chi connectivity index (χ1n) is 8.28. The molecule has 1 saturated heterocycles. The molecule has 0 atom stereocenters. The predicted molar refractivity (Wildman–Crippen MR) is 102 cm³/mol. The van der Waals surface area contributed by atoms with Crippen LogP contribution in [0.15, 0.2) is 47.1 Å². The molecule has 2 aromatic heterocycles. The quantitative estimate of drug-likeness (QED) is 0.636. The number of halogens is 1. The van der Waals surface area contributed by atoms with Crippen LogP contribution in [0.4, 0.5) is 5.95 Å². The summed E-state index contributed by atoms with van der Waals surface area (Å²) in [5, 5.41) is 5.08. The van der Waals surface area contributed by atoms with Crippen LogP contribution in [-0.4, -0.2) is 50.8 Å². The number of nitrogens with zero attached hydrogens (tertiary/aromatic N) is 6. The van der Waals surface area contributed by atoms with Crippen molar-refractivity contribution in [1.29, 1.82) is 0 Å². The van der Waals surface area contributed by atoms with Crippen LogP contribution in [0.5, 0.6) is 0 Å². The number of piperazine rings is 1. The molecule has 1 fully saturated rings. The van der Waals surface area contributed by atoms with E-state index < -0.39 is 0 Å². The average Bonchev–Trinajstić information content (AvgIpc) is 3.04. The zero-order valence-electron chi connectivity index (χ0n) is 14.0. The zero-order valence-corrected chi connectivity index (χ0v) is 15.5. The summed E-state index contributed by atoms with van der Waals surface area (Å²) in [4.78, 5) is 13.4. The van der Waals surface area contributed by atoms with Crippen molar-refractivity contribution >= 4 is 29.8 Å². The molecule has 0 aliphatic carbocycles. The second-order valence-corrected chi connectivity index (χ2v) is 6.70. The summed E-state index contributed by atoms with van der Waals surface area (Å²) in [5.74, 6) is 1.21. The van der Waals surface area contributed by atoms with Gasteiger partial charge in [-0.1, -0.05) is 23.7 Å². The van der Waals surface area contributed by atoms with Crippen LogP contribution in [0.25, 0.3) is 11.5 Å². The average molecular weight is 389 g/mol. The van der Waals surface area contributed by atoms with Crippen molar-refractivity contribution in [3.63, 3.8) is 0 Å². The maximum Gasteiger partial charge on any atom is 0.288 e. The van der Waals surface area contributed by atoms with E-state index in [1.165, 1.54) is 0 Å². The largest absolute Gasteiger partial charge is 0.409 e. The molecule has 26 heavy (non-hydrogen) atoms. The summed E-state index contributed by atoms with van der Waals surface area (Å²) in [5.41, 5.74) is 0.741. The molecule has 1 aliphatic heterocycles. The van der Waals surface area contributed by atoms with Crippen molar-refractivity contribution in [2.75, 3.05) is 31.1 Å². The molecular formula is C17H17ClN6OS. The molecule has 0 spiro atoms. The smallest absolute Gasteiger partial charge is 0.288 e.